The Balaban J connectivity index is 1.39. The van der Waals surface area contributed by atoms with E-state index in [1.54, 1.807) is 6.07 Å². The number of nitrogens with two attached hydrogens (primary N) is 1. The Bertz CT molecular complexity index is 1340. The summed E-state index contributed by atoms with van der Waals surface area (Å²) in [5.41, 5.74) is 11.9. The number of hydrogen-bond acceptors (Lipinski definition) is 3. The lowest BCUT2D eigenvalue weighted by atomic mass is 9.78. The summed E-state index contributed by atoms with van der Waals surface area (Å²) in [6.45, 7) is 0. The van der Waals surface area contributed by atoms with Crippen molar-refractivity contribution >= 4 is 23.0 Å². The average molecular weight is 460 g/mol. The Kier molecular flexibility index (Phi) is 6.19. The lowest BCUT2D eigenvalue weighted by Crippen LogP contribution is -2.38. The molecular formula is C31H29N3O. The van der Waals surface area contributed by atoms with E-state index in [-0.39, 0.29) is 5.91 Å². The molecule has 174 valence electrons. The minimum absolute atomic E-state index is 0.00988. The quantitative estimate of drug-likeness (QED) is 0.219. The van der Waals surface area contributed by atoms with Crippen molar-refractivity contribution in [2.75, 3.05) is 11.1 Å². The highest BCUT2D eigenvalue weighted by atomic mass is 16.2. The van der Waals surface area contributed by atoms with Gasteiger partial charge in [0.2, 0.25) is 5.91 Å². The van der Waals surface area contributed by atoms with Crippen molar-refractivity contribution in [3.63, 3.8) is 0 Å². The molecule has 0 aromatic heterocycles. The van der Waals surface area contributed by atoms with Crippen LogP contribution in [-0.2, 0) is 10.2 Å². The molecule has 0 saturated heterocycles. The van der Waals surface area contributed by atoms with Gasteiger partial charge in [-0.1, -0.05) is 97.8 Å². The van der Waals surface area contributed by atoms with Gasteiger partial charge >= 0.3 is 0 Å². The van der Waals surface area contributed by atoms with Crippen LogP contribution in [0.3, 0.4) is 0 Å². The Morgan fingerprint density at radius 2 is 1.37 bits per heavy atom. The second-order valence-electron chi connectivity index (χ2n) is 9.23. The summed E-state index contributed by atoms with van der Waals surface area (Å²) in [7, 11) is 0. The molecule has 1 saturated carbocycles. The molecular weight excluding hydrogens is 430 g/mol. The molecule has 4 heteroatoms. The van der Waals surface area contributed by atoms with E-state index < -0.39 is 5.41 Å². The number of rotatable bonds is 6. The van der Waals surface area contributed by atoms with E-state index in [0.29, 0.717) is 22.6 Å². The molecule has 0 spiro atoms. The number of anilines is 2. The Hall–Kier alpha value is -4.18. The number of benzene rings is 4. The fraction of sp³-hybridized carbons (Fsp3) is 0.161. The van der Waals surface area contributed by atoms with Crippen molar-refractivity contribution < 1.29 is 4.79 Å². The van der Waals surface area contributed by atoms with Crippen molar-refractivity contribution in [2.45, 2.75) is 31.1 Å². The molecule has 1 aliphatic carbocycles. The summed E-state index contributed by atoms with van der Waals surface area (Å²) in [6, 6.07) is 33.5. The molecule has 1 amide bonds. The highest BCUT2D eigenvalue weighted by Gasteiger charge is 2.42. The first kappa shape index (κ1) is 22.6. The van der Waals surface area contributed by atoms with Crippen LogP contribution in [0, 0.1) is 5.41 Å². The predicted molar refractivity (Wildman–Crippen MR) is 144 cm³/mol. The van der Waals surface area contributed by atoms with Gasteiger partial charge in [-0.25, -0.2) is 0 Å². The van der Waals surface area contributed by atoms with Crippen molar-refractivity contribution in [3.8, 4) is 11.1 Å². The van der Waals surface area contributed by atoms with Crippen LogP contribution in [0.5, 0.6) is 0 Å². The summed E-state index contributed by atoms with van der Waals surface area (Å²) in [4.78, 5) is 13.5. The summed E-state index contributed by atoms with van der Waals surface area (Å²) in [5.74, 6) is 0.00988. The fourth-order valence-electron chi connectivity index (χ4n) is 5.10. The Labute approximate surface area is 206 Å². The maximum atomic E-state index is 13.5. The number of nitrogens with one attached hydrogen (secondary N) is 2. The van der Waals surface area contributed by atoms with Gasteiger partial charge in [-0.2, -0.15) is 0 Å². The van der Waals surface area contributed by atoms with Crippen LogP contribution in [0.2, 0.25) is 0 Å². The lowest BCUT2D eigenvalue weighted by Gasteiger charge is -2.28. The molecule has 1 fully saturated rings. The summed E-state index contributed by atoms with van der Waals surface area (Å²) in [5, 5.41) is 11.9. The summed E-state index contributed by atoms with van der Waals surface area (Å²) < 4.78 is 0. The zero-order chi connectivity index (χ0) is 24.3. The zero-order valence-electron chi connectivity index (χ0n) is 19.6. The van der Waals surface area contributed by atoms with Gasteiger partial charge in [0.15, 0.2) is 0 Å². The van der Waals surface area contributed by atoms with Crippen LogP contribution >= 0.6 is 0 Å². The molecule has 5 rings (SSSR count). The molecule has 1 aliphatic rings. The van der Waals surface area contributed by atoms with Crippen molar-refractivity contribution in [3.05, 3.63) is 120 Å². The third-order valence-corrected chi connectivity index (χ3v) is 7.08. The topological polar surface area (TPSA) is 79.0 Å². The van der Waals surface area contributed by atoms with Gasteiger partial charge in [-0.15, -0.1) is 0 Å². The van der Waals surface area contributed by atoms with Gasteiger partial charge < -0.3 is 11.1 Å². The predicted octanol–water partition coefficient (Wildman–Crippen LogP) is 6.80. The van der Waals surface area contributed by atoms with Crippen molar-refractivity contribution in [2.24, 2.45) is 0 Å². The second kappa shape index (κ2) is 9.59. The molecule has 0 radical (unpaired) electrons. The standard InChI is InChI=1S/C31H29N3O/c32-28-18-17-26(34-30(35)31(19-7-8-20-31)25-11-5-2-6-12-25)21-27(28)29(33)24-15-13-23(14-16-24)22-9-3-1-4-10-22/h1-6,9-18,21,33H,7-8,19-20,32H2,(H,34,35). The number of amides is 1. The van der Waals surface area contributed by atoms with E-state index >= 15 is 0 Å². The summed E-state index contributed by atoms with van der Waals surface area (Å²) in [6.07, 6.45) is 3.76. The number of hydrogen-bond donors (Lipinski definition) is 3. The smallest absolute Gasteiger partial charge is 0.235 e. The molecule has 0 bridgehead atoms. The second-order valence-corrected chi connectivity index (χ2v) is 9.23. The average Bonchev–Trinajstić information content (AvgIpc) is 3.42. The highest BCUT2D eigenvalue weighted by Crippen LogP contribution is 2.42. The van der Waals surface area contributed by atoms with Crippen LogP contribution < -0.4 is 11.1 Å². The van der Waals surface area contributed by atoms with E-state index in [2.05, 4.69) is 17.4 Å². The van der Waals surface area contributed by atoms with Crippen LogP contribution in [-0.4, -0.2) is 11.6 Å². The third-order valence-electron chi connectivity index (χ3n) is 7.08. The van der Waals surface area contributed by atoms with Gasteiger partial charge in [0.05, 0.1) is 11.1 Å². The number of nitrogen functional groups attached to an aromatic ring is 1. The minimum atomic E-state index is -0.510. The Morgan fingerprint density at radius 3 is 2.03 bits per heavy atom. The molecule has 4 N–H and O–H groups in total. The van der Waals surface area contributed by atoms with Gasteiger partial charge in [-0.05, 0) is 47.7 Å². The van der Waals surface area contributed by atoms with Crippen LogP contribution in [0.25, 0.3) is 11.1 Å². The maximum absolute atomic E-state index is 13.5. The van der Waals surface area contributed by atoms with E-state index in [1.165, 1.54) is 0 Å². The SMILES string of the molecule is N=C(c1ccc(-c2ccccc2)cc1)c1cc(NC(=O)C2(c3ccccc3)CCCC2)ccc1N. The monoisotopic (exact) mass is 459 g/mol. The molecule has 0 heterocycles. The molecule has 4 aromatic carbocycles. The molecule has 4 nitrogen and oxygen atoms in total. The van der Waals surface area contributed by atoms with E-state index in [0.717, 1.165) is 47.9 Å². The van der Waals surface area contributed by atoms with Crippen LogP contribution in [0.15, 0.2) is 103 Å². The minimum Gasteiger partial charge on any atom is -0.398 e. The first-order chi connectivity index (χ1) is 17.1. The zero-order valence-corrected chi connectivity index (χ0v) is 19.6. The van der Waals surface area contributed by atoms with E-state index in [1.807, 2.05) is 84.9 Å². The third kappa shape index (κ3) is 4.47. The normalized spacial score (nSPS) is 14.4. The van der Waals surface area contributed by atoms with Crippen LogP contribution in [0.1, 0.15) is 42.4 Å². The van der Waals surface area contributed by atoms with Gasteiger partial charge in [0, 0.05) is 22.5 Å². The molecule has 0 unspecified atom stereocenters. The molecule has 0 atom stereocenters. The first-order valence-electron chi connectivity index (χ1n) is 12.1. The largest absolute Gasteiger partial charge is 0.398 e. The van der Waals surface area contributed by atoms with Crippen LogP contribution in [0.4, 0.5) is 11.4 Å². The fourth-order valence-corrected chi connectivity index (χ4v) is 5.10. The van der Waals surface area contributed by atoms with Crippen molar-refractivity contribution in [1.82, 2.24) is 0 Å². The van der Waals surface area contributed by atoms with Gasteiger partial charge in [-0.3, -0.25) is 10.2 Å². The van der Waals surface area contributed by atoms with E-state index in [4.69, 9.17) is 11.1 Å². The van der Waals surface area contributed by atoms with Gasteiger partial charge in [0.25, 0.3) is 0 Å². The van der Waals surface area contributed by atoms with Crippen molar-refractivity contribution in [1.29, 1.82) is 5.41 Å². The van der Waals surface area contributed by atoms with E-state index in [9.17, 15) is 4.79 Å². The molecule has 4 aromatic rings. The first-order valence-corrected chi connectivity index (χ1v) is 12.1. The maximum Gasteiger partial charge on any atom is 0.235 e. The molecule has 0 aliphatic heterocycles. The summed E-state index contributed by atoms with van der Waals surface area (Å²) >= 11 is 0. The number of carbonyl (C=O) groups is 1. The van der Waals surface area contributed by atoms with Gasteiger partial charge in [0.1, 0.15) is 0 Å². The number of carbonyl (C=O) groups excluding carboxylic acids is 1. The Morgan fingerprint density at radius 1 is 0.771 bits per heavy atom. The highest BCUT2D eigenvalue weighted by molar-refractivity contribution is 6.14. The lowest BCUT2D eigenvalue weighted by molar-refractivity contribution is -0.121. The molecule has 35 heavy (non-hydrogen) atoms.